The number of nitrogens with zero attached hydrogens (tertiary/aromatic N) is 2. The fraction of sp³-hybridized carbons (Fsp3) is 0.636. The summed E-state index contributed by atoms with van der Waals surface area (Å²) in [4.78, 5) is 24.7. The van der Waals surface area contributed by atoms with Crippen LogP contribution < -0.4 is 5.73 Å². The van der Waals surface area contributed by atoms with E-state index < -0.39 is 10.2 Å². The van der Waals surface area contributed by atoms with Crippen LogP contribution in [0, 0.1) is 11.8 Å². The monoisotopic (exact) mass is 467 g/mol. The first-order valence-electron chi connectivity index (χ1n) is 11.0. The Morgan fingerprint density at radius 3 is 2.35 bits per heavy atom. The van der Waals surface area contributed by atoms with Crippen LogP contribution in [0.1, 0.15) is 54.1 Å². The highest BCUT2D eigenvalue weighted by molar-refractivity contribution is 7.86. The molecule has 2 N–H and O–H groups in total. The Hall–Kier alpha value is -1.32. The van der Waals surface area contributed by atoms with Crippen molar-refractivity contribution in [3.05, 3.63) is 33.8 Å². The standard InChI is InChI=1S/C22H30ClN3O4S/c1-14-13-26(31(29,30)25-6-3-18(24)4-7-25)5-2-15(14)12-22(28)20-10-16-8-19(27)9-17(16)11-21(20)23/h10-11,14-15,18H,2-9,12-13,24H2,1H3/t14-,15?/m0/s1. The van der Waals surface area contributed by atoms with Gasteiger partial charge in [-0.25, -0.2) is 0 Å². The molecule has 0 spiro atoms. The molecule has 170 valence electrons. The number of benzene rings is 1. The number of ketones is 2. The van der Waals surface area contributed by atoms with Crippen LogP contribution in [0.5, 0.6) is 0 Å². The van der Waals surface area contributed by atoms with Gasteiger partial charge in [0.05, 0.1) is 5.02 Å². The number of piperidine rings is 2. The molecule has 2 heterocycles. The Bertz CT molecular complexity index is 989. The SMILES string of the molecule is C[C@H]1CN(S(=O)(=O)N2CCC(N)CC2)CCC1CC(=O)c1cc2c(cc1Cl)CC(=O)C2. The number of nitrogens with two attached hydrogens (primary N) is 1. The van der Waals surface area contributed by atoms with Crippen LogP contribution >= 0.6 is 11.6 Å². The second-order valence-electron chi connectivity index (χ2n) is 9.25. The minimum Gasteiger partial charge on any atom is -0.328 e. The van der Waals surface area contributed by atoms with Crippen LogP contribution in [0.25, 0.3) is 0 Å². The molecule has 9 heteroatoms. The van der Waals surface area contributed by atoms with Crippen molar-refractivity contribution in [1.82, 2.24) is 8.61 Å². The van der Waals surface area contributed by atoms with Gasteiger partial charge in [0.15, 0.2) is 5.78 Å². The molecular weight excluding hydrogens is 438 g/mol. The highest BCUT2D eigenvalue weighted by atomic mass is 35.5. The molecule has 0 saturated carbocycles. The molecule has 2 atom stereocenters. The lowest BCUT2D eigenvalue weighted by molar-refractivity contribution is -0.117. The Balaban J connectivity index is 1.39. The number of halogens is 1. The zero-order chi connectivity index (χ0) is 22.3. The summed E-state index contributed by atoms with van der Waals surface area (Å²) >= 11 is 6.35. The first-order valence-corrected chi connectivity index (χ1v) is 12.8. The Morgan fingerprint density at radius 1 is 1.10 bits per heavy atom. The molecule has 2 aliphatic heterocycles. The van der Waals surface area contributed by atoms with Gasteiger partial charge in [-0.15, -0.1) is 0 Å². The zero-order valence-corrected chi connectivity index (χ0v) is 19.4. The van der Waals surface area contributed by atoms with Crippen molar-refractivity contribution in [2.24, 2.45) is 17.6 Å². The maximum atomic E-state index is 13.0. The molecule has 0 aromatic heterocycles. The minimum atomic E-state index is -3.49. The van der Waals surface area contributed by atoms with E-state index in [1.807, 2.05) is 6.92 Å². The highest BCUT2D eigenvalue weighted by Crippen LogP contribution is 2.33. The summed E-state index contributed by atoms with van der Waals surface area (Å²) in [5.41, 5.74) is 8.19. The summed E-state index contributed by atoms with van der Waals surface area (Å²) in [6, 6.07) is 3.60. The number of fused-ring (bicyclic) bond motifs is 1. The molecule has 31 heavy (non-hydrogen) atoms. The van der Waals surface area contributed by atoms with Gasteiger partial charge in [-0.3, -0.25) is 9.59 Å². The fourth-order valence-corrected chi connectivity index (χ4v) is 7.03. The number of carbonyl (C=O) groups is 2. The van der Waals surface area contributed by atoms with Crippen molar-refractivity contribution in [2.45, 2.75) is 51.5 Å². The van der Waals surface area contributed by atoms with Crippen molar-refractivity contribution in [1.29, 1.82) is 0 Å². The van der Waals surface area contributed by atoms with Gasteiger partial charge in [-0.1, -0.05) is 18.5 Å². The van der Waals surface area contributed by atoms with Crippen molar-refractivity contribution >= 4 is 33.4 Å². The van der Waals surface area contributed by atoms with Gasteiger partial charge in [0, 0.05) is 57.0 Å². The largest absolute Gasteiger partial charge is 0.328 e. The molecule has 3 aliphatic rings. The third-order valence-electron chi connectivity index (χ3n) is 7.01. The van der Waals surface area contributed by atoms with Crippen molar-refractivity contribution < 1.29 is 18.0 Å². The average Bonchev–Trinajstić information content (AvgIpc) is 3.07. The molecule has 1 aromatic rings. The lowest BCUT2D eigenvalue weighted by Gasteiger charge is -2.39. The predicted molar refractivity (Wildman–Crippen MR) is 119 cm³/mol. The number of rotatable bonds is 5. The molecule has 0 amide bonds. The van der Waals surface area contributed by atoms with Crippen molar-refractivity contribution in [3.63, 3.8) is 0 Å². The summed E-state index contributed by atoms with van der Waals surface area (Å²) in [6.45, 7) is 3.77. The Labute approximate surface area is 189 Å². The van der Waals surface area contributed by atoms with Crippen LogP contribution in [0.15, 0.2) is 12.1 Å². The number of hydrogen-bond donors (Lipinski definition) is 1. The van der Waals surface area contributed by atoms with Gasteiger partial charge in [-0.2, -0.15) is 17.0 Å². The van der Waals surface area contributed by atoms with Crippen molar-refractivity contribution in [3.8, 4) is 0 Å². The Kier molecular flexibility index (Phi) is 6.57. The molecule has 4 rings (SSSR count). The molecule has 1 unspecified atom stereocenters. The van der Waals surface area contributed by atoms with Crippen LogP contribution in [0.3, 0.4) is 0 Å². The third kappa shape index (κ3) is 4.73. The zero-order valence-electron chi connectivity index (χ0n) is 17.8. The third-order valence-corrected chi connectivity index (χ3v) is 9.32. The molecule has 1 aliphatic carbocycles. The lowest BCUT2D eigenvalue weighted by Crippen LogP contribution is -2.52. The van der Waals surface area contributed by atoms with E-state index in [9.17, 15) is 18.0 Å². The van der Waals surface area contributed by atoms with Gasteiger partial charge in [0.2, 0.25) is 0 Å². The maximum Gasteiger partial charge on any atom is 0.281 e. The van der Waals surface area contributed by atoms with Crippen LogP contribution in [0.2, 0.25) is 5.02 Å². The summed E-state index contributed by atoms with van der Waals surface area (Å²) in [6.07, 6.45) is 3.09. The first-order chi connectivity index (χ1) is 14.6. The highest BCUT2D eigenvalue weighted by Gasteiger charge is 2.38. The van der Waals surface area contributed by atoms with E-state index in [0.717, 1.165) is 11.1 Å². The summed E-state index contributed by atoms with van der Waals surface area (Å²) < 4.78 is 29.1. The maximum absolute atomic E-state index is 13.0. The van der Waals surface area contributed by atoms with Gasteiger partial charge in [0.1, 0.15) is 5.78 Å². The molecule has 7 nitrogen and oxygen atoms in total. The average molecular weight is 468 g/mol. The molecule has 2 fully saturated rings. The second-order valence-corrected chi connectivity index (χ2v) is 11.6. The van der Waals surface area contributed by atoms with E-state index >= 15 is 0 Å². The summed E-state index contributed by atoms with van der Waals surface area (Å²) in [5.74, 6) is 0.271. The van der Waals surface area contributed by atoms with Gasteiger partial charge in [-0.05, 0) is 54.4 Å². The Morgan fingerprint density at radius 2 is 1.71 bits per heavy atom. The minimum absolute atomic E-state index is 0.0367. The van der Waals surface area contributed by atoms with Gasteiger partial charge < -0.3 is 5.73 Å². The van der Waals surface area contributed by atoms with Gasteiger partial charge in [0.25, 0.3) is 10.2 Å². The van der Waals surface area contributed by atoms with Crippen LogP contribution in [0.4, 0.5) is 0 Å². The van der Waals surface area contributed by atoms with Crippen LogP contribution in [-0.4, -0.2) is 60.8 Å². The molecule has 2 saturated heterocycles. The molecule has 0 radical (unpaired) electrons. The van der Waals surface area contributed by atoms with E-state index in [-0.39, 0.29) is 29.4 Å². The van der Waals surface area contributed by atoms with Crippen molar-refractivity contribution in [2.75, 3.05) is 26.2 Å². The first kappa shape index (κ1) is 22.9. The number of Topliss-reactive ketones (excluding diaryl/α,β-unsaturated/α-hetero) is 2. The predicted octanol–water partition coefficient (Wildman–Crippen LogP) is 2.21. The van der Waals surface area contributed by atoms with E-state index in [0.29, 0.717) is 75.3 Å². The number of carbonyl (C=O) groups excluding carboxylic acids is 2. The smallest absolute Gasteiger partial charge is 0.281 e. The topological polar surface area (TPSA) is 101 Å². The van der Waals surface area contributed by atoms with E-state index in [4.69, 9.17) is 17.3 Å². The quantitative estimate of drug-likeness (QED) is 0.669. The second kappa shape index (κ2) is 8.90. The normalized spacial score (nSPS) is 26.2. The van der Waals surface area contributed by atoms with E-state index in [2.05, 4.69) is 0 Å². The van der Waals surface area contributed by atoms with E-state index in [1.165, 1.54) is 0 Å². The van der Waals surface area contributed by atoms with Crippen LogP contribution in [-0.2, 0) is 27.8 Å². The lowest BCUT2D eigenvalue weighted by atomic mass is 9.83. The molecule has 0 bridgehead atoms. The molecular formula is C22H30ClN3O4S. The van der Waals surface area contributed by atoms with Gasteiger partial charge >= 0.3 is 0 Å². The summed E-state index contributed by atoms with van der Waals surface area (Å²) in [5, 5.41) is 0.398. The van der Waals surface area contributed by atoms with E-state index in [1.54, 1.807) is 20.7 Å². The number of hydrogen-bond acceptors (Lipinski definition) is 5. The molecule has 1 aromatic carbocycles. The fourth-order valence-electron chi connectivity index (χ4n) is 4.98. The summed E-state index contributed by atoms with van der Waals surface area (Å²) in [7, 11) is -3.49.